The molecule has 7 heteroatoms. The van der Waals surface area contributed by atoms with Crippen molar-refractivity contribution >= 4 is 23.4 Å². The average molecular weight is 418 g/mol. The normalized spacial score (nSPS) is 11.7. The molecule has 0 radical (unpaired) electrons. The second-order valence-electron chi connectivity index (χ2n) is 6.23. The fourth-order valence-electron chi connectivity index (χ4n) is 2.65. The molecule has 0 aliphatic rings. The summed E-state index contributed by atoms with van der Waals surface area (Å²) in [6.07, 6.45) is -0.922. The summed E-state index contributed by atoms with van der Waals surface area (Å²) in [5.41, 5.74) is 1.82. The number of carbonyl (C=O) groups is 1. The molecule has 0 atom stereocenters. The number of hydrogen-bond acceptors (Lipinski definition) is 3. The SMILES string of the molecule is O=C(O)Cc1cc(-c2cccc(OC/C=C/c3ccc(C(F)(F)F)cc3)c2)cs1. The molecule has 0 saturated heterocycles. The van der Waals surface area contributed by atoms with E-state index in [2.05, 4.69) is 0 Å². The Bertz CT molecular complexity index is 1000. The Morgan fingerprint density at radius 1 is 1.07 bits per heavy atom. The third kappa shape index (κ3) is 5.96. The molecule has 0 fully saturated rings. The fraction of sp³-hybridized carbons (Fsp3) is 0.136. The topological polar surface area (TPSA) is 46.5 Å². The molecule has 2 aromatic carbocycles. The van der Waals surface area contributed by atoms with Gasteiger partial charge in [0.25, 0.3) is 0 Å². The van der Waals surface area contributed by atoms with Gasteiger partial charge < -0.3 is 9.84 Å². The molecule has 3 nitrogen and oxygen atoms in total. The minimum Gasteiger partial charge on any atom is -0.490 e. The van der Waals surface area contributed by atoms with E-state index in [0.29, 0.717) is 11.3 Å². The van der Waals surface area contributed by atoms with Crippen LogP contribution in [0, 0.1) is 0 Å². The Morgan fingerprint density at radius 3 is 2.52 bits per heavy atom. The van der Waals surface area contributed by atoms with E-state index in [9.17, 15) is 18.0 Å². The van der Waals surface area contributed by atoms with Gasteiger partial charge in [-0.25, -0.2) is 0 Å². The third-order valence-corrected chi connectivity index (χ3v) is 4.98. The van der Waals surface area contributed by atoms with E-state index in [-0.39, 0.29) is 13.0 Å². The van der Waals surface area contributed by atoms with Crippen LogP contribution in [-0.4, -0.2) is 17.7 Å². The van der Waals surface area contributed by atoms with Crippen LogP contribution in [-0.2, 0) is 17.4 Å². The summed E-state index contributed by atoms with van der Waals surface area (Å²) < 4.78 is 43.4. The van der Waals surface area contributed by atoms with Crippen LogP contribution < -0.4 is 4.74 Å². The van der Waals surface area contributed by atoms with Gasteiger partial charge in [0.15, 0.2) is 0 Å². The number of aliphatic carboxylic acids is 1. The first kappa shape index (κ1) is 20.7. The van der Waals surface area contributed by atoms with Gasteiger partial charge in [0.1, 0.15) is 12.4 Å². The maximum Gasteiger partial charge on any atom is 0.416 e. The van der Waals surface area contributed by atoms with Gasteiger partial charge in [0.05, 0.1) is 12.0 Å². The van der Waals surface area contributed by atoms with Gasteiger partial charge in [0.2, 0.25) is 0 Å². The maximum atomic E-state index is 12.6. The van der Waals surface area contributed by atoms with Crippen molar-refractivity contribution in [1.29, 1.82) is 0 Å². The first-order valence-electron chi connectivity index (χ1n) is 8.67. The molecule has 0 amide bonds. The minimum atomic E-state index is -4.34. The summed E-state index contributed by atoms with van der Waals surface area (Å²) in [7, 11) is 0. The molecule has 3 aromatic rings. The Kier molecular flexibility index (Phi) is 6.39. The van der Waals surface area contributed by atoms with Crippen LogP contribution in [0.4, 0.5) is 13.2 Å². The molecule has 1 heterocycles. The Labute approximate surface area is 169 Å². The van der Waals surface area contributed by atoms with Crippen molar-refractivity contribution in [1.82, 2.24) is 0 Å². The number of carboxylic acid groups (broad SMARTS) is 1. The van der Waals surface area contributed by atoms with E-state index in [1.807, 2.05) is 29.6 Å². The molecule has 3 rings (SSSR count). The molecule has 1 N–H and O–H groups in total. The Balaban J connectivity index is 1.59. The lowest BCUT2D eigenvalue weighted by atomic mass is 10.1. The predicted molar refractivity (Wildman–Crippen MR) is 107 cm³/mol. The third-order valence-electron chi connectivity index (χ3n) is 4.04. The molecule has 0 aliphatic carbocycles. The average Bonchev–Trinajstić information content (AvgIpc) is 3.13. The first-order valence-corrected chi connectivity index (χ1v) is 9.55. The van der Waals surface area contributed by atoms with Gasteiger partial charge in [-0.05, 0) is 58.5 Å². The fourth-order valence-corrected chi connectivity index (χ4v) is 3.54. The number of halogens is 3. The van der Waals surface area contributed by atoms with Gasteiger partial charge >= 0.3 is 12.1 Å². The summed E-state index contributed by atoms with van der Waals surface area (Å²) in [5.74, 6) is -0.221. The Hall–Kier alpha value is -3.06. The zero-order valence-electron chi connectivity index (χ0n) is 15.1. The smallest absolute Gasteiger partial charge is 0.416 e. The predicted octanol–water partition coefficient (Wildman–Crippen LogP) is 6.15. The highest BCUT2D eigenvalue weighted by molar-refractivity contribution is 7.10. The van der Waals surface area contributed by atoms with Gasteiger partial charge in [-0.2, -0.15) is 13.2 Å². The quantitative estimate of drug-likeness (QED) is 0.500. The highest BCUT2D eigenvalue weighted by Crippen LogP contribution is 2.30. The first-order chi connectivity index (χ1) is 13.8. The van der Waals surface area contributed by atoms with Gasteiger partial charge in [0, 0.05) is 4.88 Å². The number of rotatable bonds is 7. The number of alkyl halides is 3. The van der Waals surface area contributed by atoms with Crippen molar-refractivity contribution < 1.29 is 27.8 Å². The van der Waals surface area contributed by atoms with Crippen LogP contribution >= 0.6 is 11.3 Å². The standard InChI is InChI=1S/C22H17F3O3S/c23-22(24,25)18-8-6-15(7-9-18)3-2-10-28-19-5-1-4-16(11-19)17-12-20(29-14-17)13-21(26)27/h1-9,11-12,14H,10,13H2,(H,26,27)/b3-2+. The zero-order valence-corrected chi connectivity index (χ0v) is 16.0. The zero-order chi connectivity index (χ0) is 20.9. The van der Waals surface area contributed by atoms with Gasteiger partial charge in [-0.15, -0.1) is 11.3 Å². The van der Waals surface area contributed by atoms with E-state index in [4.69, 9.17) is 9.84 Å². The number of ether oxygens (including phenoxy) is 1. The highest BCUT2D eigenvalue weighted by atomic mass is 32.1. The molecule has 0 saturated carbocycles. The molecule has 0 spiro atoms. The van der Waals surface area contributed by atoms with Crippen LogP contribution in [0.5, 0.6) is 5.75 Å². The lowest BCUT2D eigenvalue weighted by Crippen LogP contribution is -2.03. The molecular weight excluding hydrogens is 401 g/mol. The lowest BCUT2D eigenvalue weighted by molar-refractivity contribution is -0.138. The monoisotopic (exact) mass is 418 g/mol. The van der Waals surface area contributed by atoms with Crippen LogP contribution in [0.15, 0.2) is 66.1 Å². The van der Waals surface area contributed by atoms with Crippen molar-refractivity contribution in [2.75, 3.05) is 6.61 Å². The van der Waals surface area contributed by atoms with Crippen molar-refractivity contribution in [3.8, 4) is 16.9 Å². The summed E-state index contributed by atoms with van der Waals surface area (Å²) in [4.78, 5) is 11.6. The van der Waals surface area contributed by atoms with E-state index in [0.717, 1.165) is 28.1 Å². The molecule has 29 heavy (non-hydrogen) atoms. The van der Waals surface area contributed by atoms with Gasteiger partial charge in [-0.3, -0.25) is 4.79 Å². The van der Waals surface area contributed by atoms with Crippen LogP contribution in [0.1, 0.15) is 16.0 Å². The van der Waals surface area contributed by atoms with Gasteiger partial charge in [-0.1, -0.05) is 30.3 Å². The summed E-state index contributed by atoms with van der Waals surface area (Å²) in [6, 6.07) is 14.2. The van der Waals surface area contributed by atoms with Crippen molar-refractivity contribution in [2.24, 2.45) is 0 Å². The molecule has 1 aromatic heterocycles. The van der Waals surface area contributed by atoms with E-state index in [1.165, 1.54) is 23.5 Å². The molecule has 150 valence electrons. The summed E-state index contributed by atoms with van der Waals surface area (Å²) in [5, 5.41) is 10.8. The van der Waals surface area contributed by atoms with E-state index < -0.39 is 17.7 Å². The summed E-state index contributed by atoms with van der Waals surface area (Å²) >= 11 is 1.40. The number of benzene rings is 2. The van der Waals surface area contributed by atoms with E-state index in [1.54, 1.807) is 18.2 Å². The van der Waals surface area contributed by atoms with Crippen LogP contribution in [0.25, 0.3) is 17.2 Å². The second-order valence-corrected chi connectivity index (χ2v) is 7.23. The van der Waals surface area contributed by atoms with Crippen molar-refractivity contribution in [3.05, 3.63) is 82.1 Å². The lowest BCUT2D eigenvalue weighted by Gasteiger charge is -2.06. The molecular formula is C22H17F3O3S. The number of hydrogen-bond donors (Lipinski definition) is 1. The highest BCUT2D eigenvalue weighted by Gasteiger charge is 2.29. The van der Waals surface area contributed by atoms with Crippen molar-refractivity contribution in [2.45, 2.75) is 12.6 Å². The van der Waals surface area contributed by atoms with Crippen LogP contribution in [0.3, 0.4) is 0 Å². The number of thiophene rings is 1. The summed E-state index contributed by atoms with van der Waals surface area (Å²) in [6.45, 7) is 0.262. The van der Waals surface area contributed by atoms with Crippen molar-refractivity contribution in [3.63, 3.8) is 0 Å². The Morgan fingerprint density at radius 2 is 1.83 bits per heavy atom. The van der Waals surface area contributed by atoms with E-state index >= 15 is 0 Å². The largest absolute Gasteiger partial charge is 0.490 e. The second kappa shape index (κ2) is 8.96. The number of carboxylic acids is 1. The minimum absolute atomic E-state index is 0.00436. The molecule has 0 bridgehead atoms. The maximum absolute atomic E-state index is 12.6. The molecule has 0 aliphatic heterocycles. The molecule has 0 unspecified atom stereocenters. The van der Waals surface area contributed by atoms with Crippen LogP contribution in [0.2, 0.25) is 0 Å².